The van der Waals surface area contributed by atoms with Gasteiger partial charge in [-0.15, -0.1) is 0 Å². The van der Waals surface area contributed by atoms with Crippen molar-refractivity contribution in [3.63, 3.8) is 0 Å². The molecule has 6 aromatic rings. The van der Waals surface area contributed by atoms with Crippen LogP contribution in [0.4, 0.5) is 43.2 Å². The topological polar surface area (TPSA) is 188 Å². The summed E-state index contributed by atoms with van der Waals surface area (Å²) in [6.07, 6.45) is 4.03. The van der Waals surface area contributed by atoms with E-state index < -0.39 is 55.7 Å². The molecule has 0 spiro atoms. The van der Waals surface area contributed by atoms with Crippen LogP contribution in [-0.2, 0) is 32.7 Å². The maximum Gasteiger partial charge on any atom is 0.320 e. The van der Waals surface area contributed by atoms with Crippen molar-refractivity contribution in [2.75, 3.05) is 60.9 Å². The van der Waals surface area contributed by atoms with Gasteiger partial charge >= 0.3 is 8.25 Å². The van der Waals surface area contributed by atoms with E-state index in [9.17, 15) is 22.9 Å². The number of fused-ring (bicyclic) bond motifs is 2. The van der Waals surface area contributed by atoms with Crippen LogP contribution in [0.1, 0.15) is 37.8 Å². The summed E-state index contributed by atoms with van der Waals surface area (Å²) in [5, 5.41) is 12.0. The van der Waals surface area contributed by atoms with Crippen LogP contribution in [0.5, 0.6) is 0 Å². The molecule has 4 heterocycles. The molecule has 0 aliphatic carbocycles. The van der Waals surface area contributed by atoms with E-state index in [1.165, 1.54) is 36.9 Å². The van der Waals surface area contributed by atoms with Crippen molar-refractivity contribution in [3.05, 3.63) is 106 Å². The van der Waals surface area contributed by atoms with Crippen LogP contribution < -0.4 is 21.3 Å². The Morgan fingerprint density at radius 2 is 1.14 bits per heavy atom. The minimum Gasteiger partial charge on any atom is -0.380 e. The van der Waals surface area contributed by atoms with Crippen molar-refractivity contribution in [1.29, 1.82) is 0 Å². The molecule has 2 unspecified atom stereocenters. The number of nitrogens with zero attached hydrogens (tertiary/aromatic N) is 4. The van der Waals surface area contributed by atoms with Crippen molar-refractivity contribution in [2.45, 2.75) is 26.7 Å². The van der Waals surface area contributed by atoms with E-state index in [0.717, 1.165) is 0 Å². The number of ether oxygens (including phenoxy) is 2. The summed E-state index contributed by atoms with van der Waals surface area (Å²) >= 11 is 12.0. The van der Waals surface area contributed by atoms with Gasteiger partial charge in [-0.3, -0.25) is 14.2 Å². The third-order valence-electron chi connectivity index (χ3n) is 10.6. The molecule has 0 saturated carbocycles. The largest absolute Gasteiger partial charge is 0.380 e. The highest BCUT2D eigenvalue weighted by molar-refractivity contribution is 7.33. The molecule has 2 aromatic heterocycles. The summed E-state index contributed by atoms with van der Waals surface area (Å²) < 4.78 is 64.3. The molecule has 66 heavy (non-hydrogen) atoms. The number of benzene rings is 4. The Labute approximate surface area is 387 Å². The molecular weight excluding hydrogens is 916 g/mol. The van der Waals surface area contributed by atoms with Gasteiger partial charge in [-0.25, -0.2) is 28.7 Å². The van der Waals surface area contributed by atoms with Gasteiger partial charge in [0.1, 0.15) is 37.5 Å². The van der Waals surface area contributed by atoms with Gasteiger partial charge in [-0.1, -0.05) is 59.0 Å². The van der Waals surface area contributed by atoms with E-state index >= 15 is 0 Å². The van der Waals surface area contributed by atoms with Gasteiger partial charge < -0.3 is 39.8 Å². The maximum atomic E-state index is 14.9. The standard InChI is InChI=1S/C46H39Cl2F2N8O7P/c1-45(13-15-62-23-45)11-9-27-17-37-29(43(53-25-51-37)57-33-7-3-5-31(47)41(33)49)19-35(27)55-39(59)21-64-66(61)65-22-40(60)56-36-20-30-38(18-28(36)10-12-46(2)14-16-63-24-46)52-26-54-44(30)58-34-8-4-6-32(48)42(34)50/h3-8,17-20,25-26,66H,13-16,21-24H2,1-2H3,(H,55,59)(H,56,60)(H,51,53,57)(H,52,54,58). The van der Waals surface area contributed by atoms with Crippen LogP contribution in [0.25, 0.3) is 21.8 Å². The first-order valence-electron chi connectivity index (χ1n) is 20.4. The molecule has 15 nitrogen and oxygen atoms in total. The number of anilines is 6. The van der Waals surface area contributed by atoms with E-state index in [0.29, 0.717) is 72.2 Å². The highest BCUT2D eigenvalue weighted by Crippen LogP contribution is 2.35. The number of aromatic nitrogens is 4. The average Bonchev–Trinajstić information content (AvgIpc) is 3.95. The zero-order chi connectivity index (χ0) is 46.4. The van der Waals surface area contributed by atoms with Crippen LogP contribution in [-0.4, -0.2) is 71.4 Å². The minimum absolute atomic E-state index is 0.0674. The Hall–Kier alpha value is -6.27. The second-order valence-electron chi connectivity index (χ2n) is 15.9. The summed E-state index contributed by atoms with van der Waals surface area (Å²) in [7, 11) is -3.41. The van der Waals surface area contributed by atoms with Crippen molar-refractivity contribution < 1.29 is 41.5 Å². The lowest BCUT2D eigenvalue weighted by atomic mass is 9.90. The van der Waals surface area contributed by atoms with Gasteiger partial charge in [0, 0.05) is 24.0 Å². The zero-order valence-electron chi connectivity index (χ0n) is 35.2. The van der Waals surface area contributed by atoms with Crippen molar-refractivity contribution >= 4 is 99.5 Å². The molecule has 2 fully saturated rings. The molecular formula is C46H39Cl2F2N8O7P. The van der Waals surface area contributed by atoms with Crippen LogP contribution in [0.2, 0.25) is 10.0 Å². The second-order valence-corrected chi connectivity index (χ2v) is 17.8. The fourth-order valence-corrected chi connectivity index (χ4v) is 7.84. The van der Waals surface area contributed by atoms with E-state index in [1.807, 2.05) is 13.8 Å². The SMILES string of the molecule is CC1(C#Cc2cc3ncnc(Nc4cccc(Cl)c4F)c3cc2NC(=O)CO[PH](=O)OCC(=O)Nc2cc3c(Nc4cccc(Cl)c4F)ncnc3cc2C#CC2(C)CCOC2)CCOC1. The lowest BCUT2D eigenvalue weighted by molar-refractivity contribution is -0.118. The van der Waals surface area contributed by atoms with Crippen molar-refractivity contribution in [1.82, 2.24) is 19.9 Å². The van der Waals surface area contributed by atoms with Gasteiger partial charge in [0.15, 0.2) is 11.6 Å². The molecule has 2 aliphatic heterocycles. The first kappa shape index (κ1) is 46.3. The van der Waals surface area contributed by atoms with Gasteiger partial charge in [-0.2, -0.15) is 0 Å². The predicted octanol–water partition coefficient (Wildman–Crippen LogP) is 9.20. The number of rotatable bonds is 12. The highest BCUT2D eigenvalue weighted by atomic mass is 35.5. The van der Waals surface area contributed by atoms with Crippen molar-refractivity contribution in [2.24, 2.45) is 10.8 Å². The van der Waals surface area contributed by atoms with Crippen LogP contribution >= 0.6 is 31.5 Å². The molecule has 20 heteroatoms. The number of carbonyl (C=O) groups is 2. The molecule has 2 atom stereocenters. The molecule has 4 N–H and O–H groups in total. The minimum atomic E-state index is -3.41. The van der Waals surface area contributed by atoms with Crippen molar-refractivity contribution in [3.8, 4) is 23.7 Å². The Bertz CT molecular complexity index is 2840. The Kier molecular flexibility index (Phi) is 14.1. The smallest absolute Gasteiger partial charge is 0.320 e. The summed E-state index contributed by atoms with van der Waals surface area (Å²) in [6, 6.07) is 15.4. The Balaban J connectivity index is 0.966. The predicted molar refractivity (Wildman–Crippen MR) is 247 cm³/mol. The maximum absolute atomic E-state index is 14.9. The molecule has 2 aliphatic rings. The number of amides is 2. The number of hydrogen-bond acceptors (Lipinski definition) is 13. The second kappa shape index (κ2) is 20.1. The monoisotopic (exact) mass is 954 g/mol. The number of hydrogen-bond donors (Lipinski definition) is 4. The third-order valence-corrected chi connectivity index (χ3v) is 11.9. The number of halogens is 4. The normalized spacial score (nSPS) is 18.2. The quantitative estimate of drug-likeness (QED) is 0.0672. The fraction of sp³-hybridized carbons (Fsp3) is 0.261. The third kappa shape index (κ3) is 11.0. The molecule has 338 valence electrons. The molecule has 2 amide bonds. The Morgan fingerprint density at radius 3 is 1.55 bits per heavy atom. The van der Waals surface area contributed by atoms with Crippen LogP contribution in [0, 0.1) is 46.1 Å². The fourth-order valence-electron chi connectivity index (χ4n) is 6.91. The van der Waals surface area contributed by atoms with E-state index in [1.54, 1.807) is 36.4 Å². The van der Waals surface area contributed by atoms with Gasteiger partial charge in [-0.05, 0) is 75.2 Å². The summed E-state index contributed by atoms with van der Waals surface area (Å²) in [5.74, 6) is 10.4. The van der Waals surface area contributed by atoms with Crippen LogP contribution in [0.15, 0.2) is 73.3 Å². The highest BCUT2D eigenvalue weighted by Gasteiger charge is 2.29. The average molecular weight is 956 g/mol. The molecule has 0 radical (unpaired) electrons. The zero-order valence-corrected chi connectivity index (χ0v) is 37.8. The van der Waals surface area contributed by atoms with E-state index in [4.69, 9.17) is 41.7 Å². The van der Waals surface area contributed by atoms with E-state index in [2.05, 4.69) is 64.9 Å². The lowest BCUT2D eigenvalue weighted by Gasteiger charge is -2.15. The molecule has 4 aromatic carbocycles. The summed E-state index contributed by atoms with van der Waals surface area (Å²) in [4.78, 5) is 44.0. The van der Waals surface area contributed by atoms with Gasteiger partial charge in [0.25, 0.3) is 11.8 Å². The van der Waals surface area contributed by atoms with Gasteiger partial charge in [0.05, 0.1) is 79.0 Å². The van der Waals surface area contributed by atoms with E-state index in [-0.39, 0.29) is 44.4 Å². The first-order valence-corrected chi connectivity index (χ1v) is 22.3. The molecule has 2 saturated heterocycles. The first-order chi connectivity index (χ1) is 31.7. The molecule has 0 bridgehead atoms. The summed E-state index contributed by atoms with van der Waals surface area (Å²) in [6.45, 7) is 4.49. The number of nitrogens with one attached hydrogen (secondary N) is 4. The Morgan fingerprint density at radius 1 is 0.697 bits per heavy atom. The lowest BCUT2D eigenvalue weighted by Crippen LogP contribution is -2.19. The molecule has 8 rings (SSSR count). The summed E-state index contributed by atoms with van der Waals surface area (Å²) in [5.41, 5.74) is 1.44. The van der Waals surface area contributed by atoms with Crippen LogP contribution in [0.3, 0.4) is 0 Å². The van der Waals surface area contributed by atoms with Gasteiger partial charge in [0.2, 0.25) is 0 Å². The number of carbonyl (C=O) groups excluding carboxylic acids is 2.